The number of aromatic nitrogens is 5. The van der Waals surface area contributed by atoms with Gasteiger partial charge in [0.2, 0.25) is 0 Å². The molecule has 108 valence electrons. The highest BCUT2D eigenvalue weighted by Crippen LogP contribution is 2.12. The first-order chi connectivity index (χ1) is 10.3. The molecular weight excluding hydrogens is 264 g/mol. The lowest BCUT2D eigenvalue weighted by Gasteiger charge is -2.09. The van der Waals surface area contributed by atoms with Gasteiger partial charge in [-0.25, -0.2) is 15.0 Å². The predicted octanol–water partition coefficient (Wildman–Crippen LogP) is 2.40. The lowest BCUT2D eigenvalue weighted by Crippen LogP contribution is -2.08. The molecule has 0 saturated heterocycles. The summed E-state index contributed by atoms with van der Waals surface area (Å²) < 4.78 is 4.07. The Morgan fingerprint density at radius 1 is 1.10 bits per heavy atom. The average Bonchev–Trinajstić information content (AvgIpc) is 3.14. The van der Waals surface area contributed by atoms with Crippen LogP contribution >= 0.6 is 0 Å². The van der Waals surface area contributed by atoms with E-state index in [0.29, 0.717) is 6.54 Å². The maximum atomic E-state index is 4.46. The highest BCUT2D eigenvalue weighted by atomic mass is 15.1. The third kappa shape index (κ3) is 2.79. The molecule has 0 saturated carbocycles. The summed E-state index contributed by atoms with van der Waals surface area (Å²) in [5, 5.41) is 3.34. The first-order valence-electron chi connectivity index (χ1n) is 6.98. The smallest absolute Gasteiger partial charge is 0.138 e. The van der Waals surface area contributed by atoms with Gasteiger partial charge in [-0.15, -0.1) is 0 Å². The van der Waals surface area contributed by atoms with Crippen LogP contribution in [0.2, 0.25) is 0 Å². The van der Waals surface area contributed by atoms with E-state index in [0.717, 1.165) is 29.7 Å². The lowest BCUT2D eigenvalue weighted by molar-refractivity contribution is 0.708. The quantitative estimate of drug-likeness (QED) is 0.780. The van der Waals surface area contributed by atoms with Crippen LogP contribution in [-0.2, 0) is 13.1 Å². The summed E-state index contributed by atoms with van der Waals surface area (Å²) in [6.45, 7) is 5.67. The highest BCUT2D eigenvalue weighted by Gasteiger charge is 2.03. The van der Waals surface area contributed by atoms with E-state index >= 15 is 0 Å². The fraction of sp³-hybridized carbons (Fsp3) is 0.267. The van der Waals surface area contributed by atoms with Crippen molar-refractivity contribution in [3.63, 3.8) is 0 Å². The first kappa shape index (κ1) is 13.4. The second kappa shape index (κ2) is 5.78. The number of nitrogens with one attached hydrogen (secondary N) is 1. The molecule has 0 radical (unpaired) electrons. The molecule has 0 aromatic carbocycles. The Morgan fingerprint density at radius 3 is 2.62 bits per heavy atom. The van der Waals surface area contributed by atoms with E-state index in [1.807, 2.05) is 48.4 Å². The Kier molecular flexibility index (Phi) is 3.68. The van der Waals surface area contributed by atoms with Gasteiger partial charge in [-0.1, -0.05) is 0 Å². The molecule has 0 atom stereocenters. The third-order valence-corrected chi connectivity index (χ3v) is 3.41. The molecule has 0 aliphatic rings. The summed E-state index contributed by atoms with van der Waals surface area (Å²) in [6.07, 6.45) is 9.31. The Balaban J connectivity index is 1.69. The van der Waals surface area contributed by atoms with Crippen LogP contribution in [0.3, 0.4) is 0 Å². The largest absolute Gasteiger partial charge is 0.377 e. The SMILES string of the molecule is CCn1ccnc1CNc1ccc(-n2ccnc2C)nc1. The number of anilines is 1. The highest BCUT2D eigenvalue weighted by molar-refractivity contribution is 5.43. The number of aryl methyl sites for hydroxylation is 2. The minimum absolute atomic E-state index is 0.686. The second-order valence-electron chi connectivity index (χ2n) is 4.73. The van der Waals surface area contributed by atoms with E-state index in [9.17, 15) is 0 Å². The van der Waals surface area contributed by atoms with Gasteiger partial charge in [-0.3, -0.25) is 4.57 Å². The van der Waals surface area contributed by atoms with Crippen LogP contribution in [0, 0.1) is 6.92 Å². The predicted molar refractivity (Wildman–Crippen MR) is 81.3 cm³/mol. The summed E-state index contributed by atoms with van der Waals surface area (Å²) in [5.41, 5.74) is 0.974. The van der Waals surface area contributed by atoms with Crippen molar-refractivity contribution in [3.05, 3.63) is 54.8 Å². The van der Waals surface area contributed by atoms with Gasteiger partial charge in [0.1, 0.15) is 17.5 Å². The van der Waals surface area contributed by atoms with Gasteiger partial charge in [0, 0.05) is 31.3 Å². The van der Waals surface area contributed by atoms with Crippen molar-refractivity contribution >= 4 is 5.69 Å². The van der Waals surface area contributed by atoms with Crippen molar-refractivity contribution in [2.75, 3.05) is 5.32 Å². The van der Waals surface area contributed by atoms with E-state index in [1.165, 1.54) is 0 Å². The molecule has 0 aliphatic heterocycles. The number of hydrogen-bond donors (Lipinski definition) is 1. The first-order valence-corrected chi connectivity index (χ1v) is 6.98. The molecule has 6 heteroatoms. The maximum absolute atomic E-state index is 4.46. The normalized spacial score (nSPS) is 10.8. The molecule has 0 bridgehead atoms. The Bertz CT molecular complexity index is 710. The molecular formula is C15H18N6. The molecule has 1 N–H and O–H groups in total. The number of pyridine rings is 1. The van der Waals surface area contributed by atoms with E-state index < -0.39 is 0 Å². The fourth-order valence-electron chi connectivity index (χ4n) is 2.23. The summed E-state index contributed by atoms with van der Waals surface area (Å²) in [7, 11) is 0. The van der Waals surface area contributed by atoms with Gasteiger partial charge in [-0.05, 0) is 26.0 Å². The minimum atomic E-state index is 0.686. The molecule has 0 fully saturated rings. The molecule has 3 aromatic heterocycles. The van der Waals surface area contributed by atoms with Crippen molar-refractivity contribution in [2.45, 2.75) is 26.9 Å². The van der Waals surface area contributed by atoms with Crippen LogP contribution in [0.25, 0.3) is 5.82 Å². The summed E-state index contributed by atoms with van der Waals surface area (Å²) in [5.74, 6) is 2.81. The van der Waals surface area contributed by atoms with E-state index in [1.54, 1.807) is 6.20 Å². The van der Waals surface area contributed by atoms with Crippen LogP contribution in [0.1, 0.15) is 18.6 Å². The van der Waals surface area contributed by atoms with Crippen molar-refractivity contribution in [2.24, 2.45) is 0 Å². The zero-order chi connectivity index (χ0) is 14.7. The zero-order valence-electron chi connectivity index (χ0n) is 12.2. The lowest BCUT2D eigenvalue weighted by atomic mass is 10.4. The van der Waals surface area contributed by atoms with Crippen molar-refractivity contribution in [1.29, 1.82) is 0 Å². The molecule has 0 spiro atoms. The minimum Gasteiger partial charge on any atom is -0.377 e. The number of imidazole rings is 2. The molecule has 3 rings (SSSR count). The van der Waals surface area contributed by atoms with Crippen molar-refractivity contribution in [1.82, 2.24) is 24.1 Å². The van der Waals surface area contributed by atoms with Gasteiger partial charge in [0.15, 0.2) is 0 Å². The molecule has 0 aliphatic carbocycles. The van der Waals surface area contributed by atoms with Gasteiger partial charge >= 0.3 is 0 Å². The second-order valence-corrected chi connectivity index (χ2v) is 4.73. The number of rotatable bonds is 5. The molecule has 0 unspecified atom stereocenters. The summed E-state index contributed by atoms with van der Waals surface area (Å²) >= 11 is 0. The zero-order valence-corrected chi connectivity index (χ0v) is 12.2. The van der Waals surface area contributed by atoms with Crippen LogP contribution < -0.4 is 5.32 Å². The van der Waals surface area contributed by atoms with Crippen LogP contribution in [0.4, 0.5) is 5.69 Å². The van der Waals surface area contributed by atoms with Gasteiger partial charge in [0.25, 0.3) is 0 Å². The van der Waals surface area contributed by atoms with Crippen molar-refractivity contribution in [3.8, 4) is 5.82 Å². The average molecular weight is 282 g/mol. The fourth-order valence-corrected chi connectivity index (χ4v) is 2.23. The Hall–Kier alpha value is -2.63. The van der Waals surface area contributed by atoms with Gasteiger partial charge in [-0.2, -0.15) is 0 Å². The van der Waals surface area contributed by atoms with Gasteiger partial charge < -0.3 is 9.88 Å². The number of nitrogens with zero attached hydrogens (tertiary/aromatic N) is 5. The Labute approximate surface area is 123 Å². The van der Waals surface area contributed by atoms with E-state index in [-0.39, 0.29) is 0 Å². The molecule has 3 heterocycles. The van der Waals surface area contributed by atoms with Crippen LogP contribution in [0.5, 0.6) is 0 Å². The van der Waals surface area contributed by atoms with E-state index in [4.69, 9.17) is 0 Å². The third-order valence-electron chi connectivity index (χ3n) is 3.41. The molecule has 21 heavy (non-hydrogen) atoms. The van der Waals surface area contributed by atoms with Gasteiger partial charge in [0.05, 0.1) is 18.4 Å². The standard InChI is InChI=1S/C15H18N6/c1-3-20-8-6-17-15(20)11-18-13-4-5-14(19-10-13)21-9-7-16-12(21)2/h4-10,18H,3,11H2,1-2H3. The number of hydrogen-bond acceptors (Lipinski definition) is 4. The van der Waals surface area contributed by atoms with E-state index in [2.05, 4.69) is 31.8 Å². The van der Waals surface area contributed by atoms with Crippen LogP contribution in [0.15, 0.2) is 43.1 Å². The van der Waals surface area contributed by atoms with Crippen LogP contribution in [-0.4, -0.2) is 24.1 Å². The van der Waals surface area contributed by atoms with Crippen molar-refractivity contribution < 1.29 is 0 Å². The molecule has 3 aromatic rings. The molecule has 0 amide bonds. The summed E-state index contributed by atoms with van der Waals surface area (Å²) in [4.78, 5) is 13.0. The maximum Gasteiger partial charge on any atom is 0.138 e. The Morgan fingerprint density at radius 2 is 1.95 bits per heavy atom. The molecule has 6 nitrogen and oxygen atoms in total. The topological polar surface area (TPSA) is 60.6 Å². The monoisotopic (exact) mass is 282 g/mol. The summed E-state index contributed by atoms with van der Waals surface area (Å²) in [6, 6.07) is 3.99.